The lowest BCUT2D eigenvalue weighted by atomic mass is 9.44. The van der Waals surface area contributed by atoms with Gasteiger partial charge in [-0.05, 0) is 31.4 Å². The molecule has 3 aliphatic carbocycles. The van der Waals surface area contributed by atoms with Gasteiger partial charge in [-0.3, -0.25) is 4.79 Å². The van der Waals surface area contributed by atoms with Crippen molar-refractivity contribution in [2.24, 2.45) is 5.73 Å². The minimum atomic E-state index is -5.08. The molecule has 26 heavy (non-hydrogen) atoms. The molecule has 4 N–H and O–H groups in total. The van der Waals surface area contributed by atoms with Crippen LogP contribution in [-0.4, -0.2) is 40.8 Å². The fraction of sp³-hybridized carbons (Fsp3) is 0.467. The summed E-state index contributed by atoms with van der Waals surface area (Å²) < 4.78 is 50.1. The van der Waals surface area contributed by atoms with E-state index < -0.39 is 18.0 Å². The smallest absolute Gasteiger partial charge is 0.484 e. The van der Waals surface area contributed by atoms with Crippen molar-refractivity contribution >= 4 is 23.5 Å². The highest BCUT2D eigenvalue weighted by molar-refractivity contribution is 6.30. The number of carboxylic acid groups (broad SMARTS) is 1. The van der Waals surface area contributed by atoms with E-state index in [0.29, 0.717) is 0 Å². The zero-order chi connectivity index (χ0) is 19.8. The number of aliphatic carboxylic acids is 1. The first-order valence-corrected chi connectivity index (χ1v) is 7.70. The molecule has 0 atom stereocenters. The zero-order valence-corrected chi connectivity index (χ0v) is 14.0. The first-order chi connectivity index (χ1) is 11.8. The van der Waals surface area contributed by atoms with Crippen LogP contribution in [0.4, 0.5) is 17.6 Å². The van der Waals surface area contributed by atoms with Crippen molar-refractivity contribution < 1.29 is 37.0 Å². The molecule has 0 aromatic heterocycles. The van der Waals surface area contributed by atoms with Crippen LogP contribution in [0, 0.1) is 5.82 Å². The van der Waals surface area contributed by atoms with Crippen molar-refractivity contribution in [1.82, 2.24) is 5.32 Å². The molecule has 6 nitrogen and oxygen atoms in total. The number of ether oxygens (including phenoxy) is 1. The minimum Gasteiger partial charge on any atom is -0.484 e. The van der Waals surface area contributed by atoms with Crippen molar-refractivity contribution in [3.05, 3.63) is 29.0 Å². The summed E-state index contributed by atoms with van der Waals surface area (Å²) in [6, 6.07) is 4.07. The lowest BCUT2D eigenvalue weighted by molar-refractivity contribution is -0.192. The van der Waals surface area contributed by atoms with Crippen LogP contribution in [0.3, 0.4) is 0 Å². The Morgan fingerprint density at radius 2 is 1.85 bits per heavy atom. The molecule has 0 spiro atoms. The third kappa shape index (κ3) is 4.76. The number of nitrogens with one attached hydrogen (secondary N) is 1. The molecule has 1 aromatic carbocycles. The summed E-state index contributed by atoms with van der Waals surface area (Å²) in [6.07, 6.45) is -2.58. The second-order valence-electron chi connectivity index (χ2n) is 6.39. The Kier molecular flexibility index (Phi) is 5.39. The number of hydrogen-bond donors (Lipinski definition) is 3. The van der Waals surface area contributed by atoms with Gasteiger partial charge in [0.15, 0.2) is 6.61 Å². The van der Waals surface area contributed by atoms with E-state index in [1.54, 1.807) is 0 Å². The van der Waals surface area contributed by atoms with E-state index in [9.17, 15) is 22.4 Å². The fourth-order valence-electron chi connectivity index (χ4n) is 3.05. The largest absolute Gasteiger partial charge is 0.490 e. The van der Waals surface area contributed by atoms with Crippen molar-refractivity contribution in [3.8, 4) is 5.75 Å². The molecule has 0 heterocycles. The van der Waals surface area contributed by atoms with Gasteiger partial charge in [0.25, 0.3) is 5.91 Å². The van der Waals surface area contributed by atoms with Crippen LogP contribution in [0.5, 0.6) is 5.75 Å². The Morgan fingerprint density at radius 3 is 2.27 bits per heavy atom. The lowest BCUT2D eigenvalue weighted by Gasteiger charge is -2.68. The van der Waals surface area contributed by atoms with E-state index in [1.807, 2.05) is 0 Å². The van der Waals surface area contributed by atoms with Crippen molar-refractivity contribution in [3.63, 3.8) is 0 Å². The van der Waals surface area contributed by atoms with Gasteiger partial charge in [0.05, 0.1) is 5.02 Å². The molecular weight excluding hydrogens is 384 g/mol. The van der Waals surface area contributed by atoms with Gasteiger partial charge in [0.1, 0.15) is 11.6 Å². The molecule has 3 aliphatic rings. The quantitative estimate of drug-likeness (QED) is 0.675. The van der Waals surface area contributed by atoms with Gasteiger partial charge in [0.2, 0.25) is 0 Å². The summed E-state index contributed by atoms with van der Waals surface area (Å²) >= 11 is 5.55. The van der Waals surface area contributed by atoms with Crippen molar-refractivity contribution in [2.75, 3.05) is 6.61 Å². The topological polar surface area (TPSA) is 102 Å². The van der Waals surface area contributed by atoms with E-state index in [2.05, 4.69) is 5.32 Å². The summed E-state index contributed by atoms with van der Waals surface area (Å²) in [5.74, 6) is -3.25. The number of amides is 1. The van der Waals surface area contributed by atoms with E-state index in [0.717, 1.165) is 25.3 Å². The standard InChI is InChI=1S/C13H14ClFN2O2.C2HF3O2/c14-9-2-1-8(3-10(9)15)19-4-11(18)17-13-5-12(16,6-13)7-13;3-2(4,5)1(6)7/h1-3H,4-7,16H2,(H,17,18);(H,6,7). The van der Waals surface area contributed by atoms with Crippen LogP contribution < -0.4 is 15.8 Å². The molecule has 4 rings (SSSR count). The number of halogens is 5. The fourth-order valence-corrected chi connectivity index (χ4v) is 3.16. The molecule has 0 radical (unpaired) electrons. The number of alkyl halides is 3. The maximum atomic E-state index is 13.2. The number of benzene rings is 1. The molecule has 3 saturated carbocycles. The highest BCUT2D eigenvalue weighted by Crippen LogP contribution is 2.58. The number of carbonyl (C=O) groups excluding carboxylic acids is 1. The third-order valence-electron chi connectivity index (χ3n) is 3.98. The third-order valence-corrected chi connectivity index (χ3v) is 4.29. The van der Waals surface area contributed by atoms with Gasteiger partial charge in [-0.25, -0.2) is 9.18 Å². The van der Waals surface area contributed by atoms with Crippen LogP contribution in [0.2, 0.25) is 5.02 Å². The second kappa shape index (κ2) is 6.92. The normalized spacial score (nSPS) is 25.8. The van der Waals surface area contributed by atoms with Gasteiger partial charge in [-0.15, -0.1) is 0 Å². The van der Waals surface area contributed by atoms with Gasteiger partial charge in [-0.1, -0.05) is 11.6 Å². The highest BCUT2D eigenvalue weighted by Gasteiger charge is 2.66. The molecule has 11 heteroatoms. The number of hydrogen-bond acceptors (Lipinski definition) is 4. The first kappa shape index (κ1) is 20.2. The van der Waals surface area contributed by atoms with E-state index in [-0.39, 0.29) is 34.4 Å². The lowest BCUT2D eigenvalue weighted by Crippen LogP contribution is -2.82. The van der Waals surface area contributed by atoms with Gasteiger partial charge in [0, 0.05) is 17.1 Å². The summed E-state index contributed by atoms with van der Waals surface area (Å²) in [7, 11) is 0. The number of carbonyl (C=O) groups is 2. The molecule has 0 aliphatic heterocycles. The Labute approximate surface area is 150 Å². The number of rotatable bonds is 4. The first-order valence-electron chi connectivity index (χ1n) is 7.32. The Balaban J connectivity index is 0.000000298. The van der Waals surface area contributed by atoms with Crippen LogP contribution in [-0.2, 0) is 9.59 Å². The molecule has 0 unspecified atom stereocenters. The maximum absolute atomic E-state index is 13.2. The molecule has 0 saturated heterocycles. The van der Waals surface area contributed by atoms with E-state index >= 15 is 0 Å². The van der Waals surface area contributed by atoms with Gasteiger partial charge in [-0.2, -0.15) is 13.2 Å². The summed E-state index contributed by atoms with van der Waals surface area (Å²) in [6.45, 7) is -0.138. The average molecular weight is 399 g/mol. The molecule has 144 valence electrons. The molecular formula is C15H15ClF4N2O4. The molecule has 3 fully saturated rings. The predicted octanol–water partition coefficient (Wildman–Crippen LogP) is 2.24. The van der Waals surface area contributed by atoms with Crippen molar-refractivity contribution in [1.29, 1.82) is 0 Å². The van der Waals surface area contributed by atoms with Gasteiger partial charge >= 0.3 is 12.1 Å². The van der Waals surface area contributed by atoms with Crippen LogP contribution in [0.1, 0.15) is 19.3 Å². The Bertz CT molecular complexity index is 706. The summed E-state index contributed by atoms with van der Waals surface area (Å²) in [5.41, 5.74) is 5.75. The summed E-state index contributed by atoms with van der Waals surface area (Å²) in [4.78, 5) is 20.6. The molecule has 1 amide bonds. The average Bonchev–Trinajstić information content (AvgIpc) is 2.45. The number of nitrogens with two attached hydrogens (primary N) is 1. The maximum Gasteiger partial charge on any atom is 0.490 e. The van der Waals surface area contributed by atoms with Crippen LogP contribution in [0.15, 0.2) is 18.2 Å². The van der Waals surface area contributed by atoms with Crippen LogP contribution in [0.25, 0.3) is 0 Å². The SMILES string of the molecule is NC12CC(NC(=O)COc3ccc(Cl)c(F)c3)(C1)C2.O=C(O)C(F)(F)F. The van der Waals surface area contributed by atoms with Crippen LogP contribution >= 0.6 is 11.6 Å². The minimum absolute atomic E-state index is 0.0268. The van der Waals surface area contributed by atoms with E-state index in [4.69, 9.17) is 32.0 Å². The highest BCUT2D eigenvalue weighted by atomic mass is 35.5. The molecule has 2 bridgehead atoms. The number of carboxylic acids is 1. The monoisotopic (exact) mass is 398 g/mol. The Hall–Kier alpha value is -2.07. The predicted molar refractivity (Wildman–Crippen MR) is 82.2 cm³/mol. The van der Waals surface area contributed by atoms with E-state index in [1.165, 1.54) is 12.1 Å². The van der Waals surface area contributed by atoms with Crippen molar-refractivity contribution in [2.45, 2.75) is 36.5 Å². The zero-order valence-electron chi connectivity index (χ0n) is 13.2. The molecule has 1 aromatic rings. The Morgan fingerprint density at radius 1 is 1.31 bits per heavy atom. The second-order valence-corrected chi connectivity index (χ2v) is 6.80. The van der Waals surface area contributed by atoms with Gasteiger partial charge < -0.3 is 20.9 Å². The summed E-state index contributed by atoms with van der Waals surface area (Å²) in [5, 5.41) is 10.1.